The highest BCUT2D eigenvalue weighted by atomic mass is 35.5. The number of anilines is 1. The average Bonchev–Trinajstić information content (AvgIpc) is 3.32. The first-order valence-electron chi connectivity index (χ1n) is 14.5. The Balaban J connectivity index is 1.76. The predicted octanol–water partition coefficient (Wildman–Crippen LogP) is 7.08. The average molecular weight is 646 g/mol. The van der Waals surface area contributed by atoms with E-state index in [1.54, 1.807) is 52.0 Å². The smallest absolute Gasteiger partial charge is 0.459 e. The van der Waals surface area contributed by atoms with Crippen molar-refractivity contribution in [2.75, 3.05) is 18.9 Å². The number of rotatable bonds is 13. The number of aromatic nitrogens is 3. The van der Waals surface area contributed by atoms with Crippen LogP contribution in [0, 0.1) is 5.92 Å². The molecule has 2 aromatic heterocycles. The summed E-state index contributed by atoms with van der Waals surface area (Å²) in [7, 11) is -4.18. The van der Waals surface area contributed by atoms with Crippen molar-refractivity contribution in [3.63, 3.8) is 0 Å². The Hall–Kier alpha value is -3.21. The second-order valence-electron chi connectivity index (χ2n) is 11.8. The quantitative estimate of drug-likeness (QED) is 0.114. The highest BCUT2D eigenvalue weighted by Crippen LogP contribution is 2.47. The molecular formula is C31H41ClN5O6P. The number of para-hydroxylation sites is 1. The van der Waals surface area contributed by atoms with Gasteiger partial charge in [-0.3, -0.25) is 9.32 Å². The maximum Gasteiger partial charge on any atom is 0.459 e. The number of pyridine rings is 1. The minimum atomic E-state index is -4.18. The predicted molar refractivity (Wildman–Crippen MR) is 173 cm³/mol. The van der Waals surface area contributed by atoms with Crippen LogP contribution in [0.15, 0.2) is 48.5 Å². The summed E-state index contributed by atoms with van der Waals surface area (Å²) in [4.78, 5) is 22.2. The third-order valence-electron chi connectivity index (χ3n) is 6.73. The molecule has 0 saturated carbocycles. The van der Waals surface area contributed by atoms with Gasteiger partial charge in [-0.1, -0.05) is 43.6 Å². The topological polar surface area (TPSA) is 140 Å². The number of benzene rings is 2. The summed E-state index contributed by atoms with van der Waals surface area (Å²) in [6.07, 6.45) is 0. The summed E-state index contributed by atoms with van der Waals surface area (Å²) in [5.74, 6) is 0.530. The highest BCUT2D eigenvalue weighted by Gasteiger charge is 2.36. The van der Waals surface area contributed by atoms with Crippen LogP contribution in [-0.2, 0) is 30.0 Å². The number of nitrogens with two attached hydrogens (primary N) is 1. The number of hydrogen-bond acceptors (Lipinski definition) is 9. The van der Waals surface area contributed by atoms with Crippen LogP contribution in [0.25, 0.3) is 21.9 Å². The molecule has 0 aliphatic carbocycles. The number of carbonyl (C=O) groups is 1. The van der Waals surface area contributed by atoms with Crippen molar-refractivity contribution >= 4 is 53.1 Å². The van der Waals surface area contributed by atoms with Gasteiger partial charge in [0, 0.05) is 17.0 Å². The normalized spacial score (nSPS) is 14.9. The number of carbonyl (C=O) groups excluding carboxylic acids is 1. The van der Waals surface area contributed by atoms with Crippen LogP contribution in [0.2, 0.25) is 5.02 Å². The molecule has 3 N–H and O–H groups in total. The molecule has 44 heavy (non-hydrogen) atoms. The molecule has 238 valence electrons. The molecule has 0 bridgehead atoms. The number of esters is 1. The number of halogens is 1. The number of ether oxygens (including phenoxy) is 2. The molecule has 2 aromatic carbocycles. The van der Waals surface area contributed by atoms with E-state index in [0.717, 1.165) is 16.4 Å². The molecule has 3 atom stereocenters. The SMILES string of the molecule is CCOCc1nc2c(N)nc3ccccc3c2n1[C@H](CO[P@@](=O)(N[C@@H](C)C(=O)OC(C)(C)C)Oc1ccc(Cl)cc1)C(C)C. The lowest BCUT2D eigenvalue weighted by molar-refractivity contribution is -0.156. The maximum absolute atomic E-state index is 14.4. The minimum absolute atomic E-state index is 0.0341. The second kappa shape index (κ2) is 13.8. The number of hydrogen-bond donors (Lipinski definition) is 2. The Bertz CT molecular complexity index is 1650. The van der Waals surface area contributed by atoms with Crippen LogP contribution in [-0.4, -0.2) is 45.4 Å². The maximum atomic E-state index is 14.4. The summed E-state index contributed by atoms with van der Waals surface area (Å²) in [5.41, 5.74) is 7.68. The van der Waals surface area contributed by atoms with Gasteiger partial charge in [-0.05, 0) is 70.9 Å². The lowest BCUT2D eigenvalue weighted by Gasteiger charge is -2.29. The van der Waals surface area contributed by atoms with Crippen molar-refractivity contribution in [2.24, 2.45) is 5.92 Å². The van der Waals surface area contributed by atoms with E-state index in [2.05, 4.69) is 10.1 Å². The first-order chi connectivity index (χ1) is 20.7. The number of imidazole rings is 1. The van der Waals surface area contributed by atoms with Gasteiger partial charge in [0.2, 0.25) is 0 Å². The molecule has 2 heterocycles. The van der Waals surface area contributed by atoms with Gasteiger partial charge in [-0.25, -0.2) is 14.5 Å². The largest absolute Gasteiger partial charge is 0.459 e. The van der Waals surface area contributed by atoms with Gasteiger partial charge >= 0.3 is 13.7 Å². The highest BCUT2D eigenvalue weighted by molar-refractivity contribution is 7.52. The van der Waals surface area contributed by atoms with Crippen LogP contribution in [0.5, 0.6) is 5.75 Å². The van der Waals surface area contributed by atoms with Crippen LogP contribution in [0.3, 0.4) is 0 Å². The first-order valence-corrected chi connectivity index (χ1v) is 16.5. The molecule has 0 saturated heterocycles. The van der Waals surface area contributed by atoms with Crippen molar-refractivity contribution in [1.82, 2.24) is 19.6 Å². The van der Waals surface area contributed by atoms with Crippen molar-refractivity contribution in [3.8, 4) is 5.75 Å². The zero-order valence-electron chi connectivity index (χ0n) is 26.2. The van der Waals surface area contributed by atoms with E-state index in [9.17, 15) is 9.36 Å². The Kier molecular flexibility index (Phi) is 10.6. The lowest BCUT2D eigenvalue weighted by atomic mass is 10.0. The molecular weight excluding hydrogens is 605 g/mol. The number of nitrogen functional groups attached to an aromatic ring is 1. The van der Waals surface area contributed by atoms with Crippen LogP contribution in [0.1, 0.15) is 60.3 Å². The van der Waals surface area contributed by atoms with Gasteiger partial charge in [-0.15, -0.1) is 0 Å². The molecule has 0 unspecified atom stereocenters. The van der Waals surface area contributed by atoms with Gasteiger partial charge < -0.3 is 24.3 Å². The summed E-state index contributed by atoms with van der Waals surface area (Å²) >= 11 is 6.05. The monoisotopic (exact) mass is 645 g/mol. The summed E-state index contributed by atoms with van der Waals surface area (Å²) < 4.78 is 39.7. The molecule has 0 radical (unpaired) electrons. The standard InChI is InChI=1S/C31H41ClN5O6P/c1-8-40-18-26-35-27-28(23-11-9-10-12-24(23)34-29(27)33)37(26)25(19(2)3)17-41-44(39,43-22-15-13-21(32)14-16-22)36-20(4)30(38)42-31(5,6)7/h9-16,19-20,25H,8,17-18H2,1-7H3,(H2,33,34)(H,36,39)/t20-,25+,44-/m0/s1. The van der Waals surface area contributed by atoms with Gasteiger partial charge in [0.05, 0.1) is 23.7 Å². The Morgan fingerprint density at radius 3 is 2.41 bits per heavy atom. The van der Waals surface area contributed by atoms with Gasteiger partial charge in [-0.2, -0.15) is 5.09 Å². The van der Waals surface area contributed by atoms with Crippen molar-refractivity contribution in [2.45, 2.75) is 72.8 Å². The van der Waals surface area contributed by atoms with Crippen LogP contribution in [0.4, 0.5) is 5.82 Å². The van der Waals surface area contributed by atoms with Crippen molar-refractivity contribution in [1.29, 1.82) is 0 Å². The van der Waals surface area contributed by atoms with E-state index >= 15 is 0 Å². The van der Waals surface area contributed by atoms with Crippen LogP contribution < -0.4 is 15.3 Å². The zero-order chi connectivity index (χ0) is 32.2. The Morgan fingerprint density at radius 2 is 1.77 bits per heavy atom. The fraction of sp³-hybridized carbons (Fsp3) is 0.452. The molecule has 4 rings (SSSR count). The first kappa shape index (κ1) is 33.7. The third-order valence-corrected chi connectivity index (χ3v) is 8.63. The third kappa shape index (κ3) is 8.08. The number of fused-ring (bicyclic) bond motifs is 3. The van der Waals surface area contributed by atoms with Gasteiger partial charge in [0.15, 0.2) is 5.82 Å². The van der Waals surface area contributed by atoms with Crippen molar-refractivity contribution in [3.05, 3.63) is 59.4 Å². The zero-order valence-corrected chi connectivity index (χ0v) is 27.8. The number of nitrogens with zero attached hydrogens (tertiary/aromatic N) is 3. The van der Waals surface area contributed by atoms with E-state index in [0.29, 0.717) is 28.8 Å². The van der Waals surface area contributed by atoms with E-state index < -0.39 is 31.4 Å². The molecule has 0 fully saturated rings. The van der Waals surface area contributed by atoms with E-state index in [4.69, 9.17) is 40.8 Å². The molecule has 0 spiro atoms. The molecule has 0 amide bonds. The van der Waals surface area contributed by atoms with Crippen molar-refractivity contribution < 1.29 is 27.9 Å². The van der Waals surface area contributed by atoms with E-state index in [1.165, 1.54) is 0 Å². The fourth-order valence-corrected chi connectivity index (χ4v) is 6.30. The molecule has 0 aliphatic rings. The Labute approximate surface area is 263 Å². The summed E-state index contributed by atoms with van der Waals surface area (Å²) in [5, 5.41) is 4.11. The minimum Gasteiger partial charge on any atom is -0.459 e. The van der Waals surface area contributed by atoms with E-state index in [1.807, 2.05) is 49.6 Å². The fourth-order valence-electron chi connectivity index (χ4n) is 4.67. The van der Waals surface area contributed by atoms with Crippen LogP contribution >= 0.6 is 19.3 Å². The summed E-state index contributed by atoms with van der Waals surface area (Å²) in [6.45, 7) is 13.4. The number of nitrogens with one attached hydrogen (secondary N) is 1. The lowest BCUT2D eigenvalue weighted by Crippen LogP contribution is -2.39. The van der Waals surface area contributed by atoms with E-state index in [-0.39, 0.29) is 24.9 Å². The molecule has 13 heteroatoms. The Morgan fingerprint density at radius 1 is 1.09 bits per heavy atom. The van der Waals surface area contributed by atoms with Gasteiger partial charge in [0.25, 0.3) is 0 Å². The second-order valence-corrected chi connectivity index (χ2v) is 13.9. The summed E-state index contributed by atoms with van der Waals surface area (Å²) in [6, 6.07) is 12.6. The molecule has 0 aliphatic heterocycles. The molecule has 11 nitrogen and oxygen atoms in total. The van der Waals surface area contributed by atoms with Gasteiger partial charge in [0.1, 0.15) is 35.3 Å². The molecule has 4 aromatic rings.